The third-order valence-corrected chi connectivity index (χ3v) is 5.13. The van der Waals surface area contributed by atoms with Gasteiger partial charge in [-0.3, -0.25) is 19.7 Å². The topological polar surface area (TPSA) is 98.8 Å². The number of urea groups is 1. The van der Waals surface area contributed by atoms with Crippen molar-refractivity contribution in [2.75, 3.05) is 19.6 Å². The van der Waals surface area contributed by atoms with E-state index < -0.39 is 18.0 Å². The highest BCUT2D eigenvalue weighted by molar-refractivity contribution is 6.04. The van der Waals surface area contributed by atoms with E-state index in [2.05, 4.69) is 10.6 Å². The van der Waals surface area contributed by atoms with Gasteiger partial charge in [-0.1, -0.05) is 19.3 Å². The number of hydrogen-bond acceptors (Lipinski definition) is 4. The van der Waals surface area contributed by atoms with Crippen LogP contribution in [0.15, 0.2) is 0 Å². The van der Waals surface area contributed by atoms with Crippen LogP contribution in [0.5, 0.6) is 0 Å². The molecular weight excluding hydrogens is 312 g/mol. The van der Waals surface area contributed by atoms with E-state index in [9.17, 15) is 19.2 Å². The molecule has 8 nitrogen and oxygen atoms in total. The monoisotopic (exact) mass is 336 g/mol. The molecule has 2 N–H and O–H groups in total. The molecule has 1 aliphatic carbocycles. The molecule has 2 heterocycles. The second kappa shape index (κ2) is 7.19. The van der Waals surface area contributed by atoms with E-state index >= 15 is 0 Å². The Morgan fingerprint density at radius 3 is 2.46 bits per heavy atom. The smallest absolute Gasteiger partial charge is 0.322 e. The third kappa shape index (κ3) is 3.68. The lowest BCUT2D eigenvalue weighted by molar-refractivity contribution is -0.147. The Labute approximate surface area is 140 Å². The average molecular weight is 336 g/mol. The van der Waals surface area contributed by atoms with E-state index in [4.69, 9.17) is 0 Å². The second-order valence-corrected chi connectivity index (χ2v) is 6.75. The molecule has 0 radical (unpaired) electrons. The molecule has 3 rings (SSSR count). The van der Waals surface area contributed by atoms with Gasteiger partial charge in [-0.25, -0.2) is 4.79 Å². The van der Waals surface area contributed by atoms with Crippen molar-refractivity contribution < 1.29 is 19.2 Å². The van der Waals surface area contributed by atoms with Gasteiger partial charge < -0.3 is 15.1 Å². The molecule has 0 spiro atoms. The molecule has 132 valence electrons. The van der Waals surface area contributed by atoms with Crippen molar-refractivity contribution in [2.24, 2.45) is 0 Å². The fourth-order valence-electron chi connectivity index (χ4n) is 3.77. The SMILES string of the molecule is O=C1NC(=O)[C@H](CCC(=O)N2CCN(C3CCCCC3)C(=O)C2)N1. The number of hydrogen-bond donors (Lipinski definition) is 2. The van der Waals surface area contributed by atoms with E-state index in [0.717, 1.165) is 12.8 Å². The summed E-state index contributed by atoms with van der Waals surface area (Å²) >= 11 is 0. The summed E-state index contributed by atoms with van der Waals surface area (Å²) in [5.41, 5.74) is 0. The van der Waals surface area contributed by atoms with Crippen molar-refractivity contribution in [3.05, 3.63) is 0 Å². The summed E-state index contributed by atoms with van der Waals surface area (Å²) in [4.78, 5) is 50.7. The van der Waals surface area contributed by atoms with E-state index in [1.807, 2.05) is 4.90 Å². The second-order valence-electron chi connectivity index (χ2n) is 6.75. The zero-order valence-electron chi connectivity index (χ0n) is 13.8. The molecule has 0 aromatic carbocycles. The van der Waals surface area contributed by atoms with Crippen molar-refractivity contribution >= 4 is 23.8 Å². The van der Waals surface area contributed by atoms with Crippen molar-refractivity contribution in [1.82, 2.24) is 20.4 Å². The summed E-state index contributed by atoms with van der Waals surface area (Å²) in [5, 5.41) is 4.62. The Balaban J connectivity index is 1.46. The highest BCUT2D eigenvalue weighted by Crippen LogP contribution is 2.24. The number of imide groups is 1. The van der Waals surface area contributed by atoms with Gasteiger partial charge in [0.25, 0.3) is 5.91 Å². The minimum atomic E-state index is -0.652. The molecule has 2 saturated heterocycles. The fraction of sp³-hybridized carbons (Fsp3) is 0.750. The maximum Gasteiger partial charge on any atom is 0.322 e. The molecule has 8 heteroatoms. The number of rotatable bonds is 4. The first-order chi connectivity index (χ1) is 11.5. The van der Waals surface area contributed by atoms with E-state index in [1.54, 1.807) is 4.90 Å². The Kier molecular flexibility index (Phi) is 5.01. The molecule has 0 bridgehead atoms. The number of nitrogens with one attached hydrogen (secondary N) is 2. The summed E-state index contributed by atoms with van der Waals surface area (Å²) in [6.45, 7) is 1.26. The first-order valence-corrected chi connectivity index (χ1v) is 8.73. The van der Waals surface area contributed by atoms with Gasteiger partial charge in [0.1, 0.15) is 6.04 Å². The molecule has 3 fully saturated rings. The molecule has 24 heavy (non-hydrogen) atoms. The Morgan fingerprint density at radius 1 is 1.08 bits per heavy atom. The average Bonchev–Trinajstić information content (AvgIpc) is 2.91. The normalized spacial score (nSPS) is 25.7. The molecule has 3 aliphatic rings. The standard InChI is InChI=1S/C16H24N4O4/c21-13(7-6-12-15(23)18-16(24)17-12)19-8-9-20(14(22)10-19)11-4-2-1-3-5-11/h11-12H,1-10H2,(H2,17,18,23,24)/t12-/m0/s1. The Hall–Kier alpha value is -2.12. The minimum absolute atomic E-state index is 0.0217. The van der Waals surface area contributed by atoms with Gasteiger partial charge in [0, 0.05) is 25.6 Å². The molecule has 0 unspecified atom stereocenters. The van der Waals surface area contributed by atoms with Crippen LogP contribution in [0.3, 0.4) is 0 Å². The highest BCUT2D eigenvalue weighted by atomic mass is 16.2. The number of amides is 5. The van der Waals surface area contributed by atoms with Crippen molar-refractivity contribution in [3.63, 3.8) is 0 Å². The van der Waals surface area contributed by atoms with Crippen LogP contribution < -0.4 is 10.6 Å². The van der Waals surface area contributed by atoms with Gasteiger partial charge in [-0.2, -0.15) is 0 Å². The number of carbonyl (C=O) groups excluding carboxylic acids is 4. The summed E-state index contributed by atoms with van der Waals surface area (Å²) < 4.78 is 0. The molecular formula is C16H24N4O4. The number of piperazine rings is 1. The van der Waals surface area contributed by atoms with Crippen LogP contribution in [0, 0.1) is 0 Å². The van der Waals surface area contributed by atoms with E-state index in [0.29, 0.717) is 19.1 Å². The van der Waals surface area contributed by atoms with Crippen molar-refractivity contribution in [3.8, 4) is 0 Å². The van der Waals surface area contributed by atoms with Crippen LogP contribution in [0.25, 0.3) is 0 Å². The first kappa shape index (κ1) is 16.7. The maximum absolute atomic E-state index is 12.4. The predicted octanol–water partition coefficient (Wildman–Crippen LogP) is -0.0219. The fourth-order valence-corrected chi connectivity index (χ4v) is 3.77. The van der Waals surface area contributed by atoms with Gasteiger partial charge in [0.15, 0.2) is 0 Å². The van der Waals surface area contributed by atoms with Gasteiger partial charge in [-0.05, 0) is 19.3 Å². The van der Waals surface area contributed by atoms with Crippen LogP contribution in [0.2, 0.25) is 0 Å². The Bertz CT molecular complexity index is 544. The van der Waals surface area contributed by atoms with Crippen LogP contribution in [0.1, 0.15) is 44.9 Å². The largest absolute Gasteiger partial charge is 0.336 e. The molecule has 0 aromatic rings. The van der Waals surface area contributed by atoms with E-state index in [1.165, 1.54) is 19.3 Å². The molecule has 5 amide bonds. The summed E-state index contributed by atoms with van der Waals surface area (Å²) in [7, 11) is 0. The minimum Gasteiger partial charge on any atom is -0.336 e. The lowest BCUT2D eigenvalue weighted by Crippen LogP contribution is -2.55. The lowest BCUT2D eigenvalue weighted by Gasteiger charge is -2.40. The van der Waals surface area contributed by atoms with Crippen LogP contribution in [-0.2, 0) is 14.4 Å². The van der Waals surface area contributed by atoms with E-state index in [-0.39, 0.29) is 31.2 Å². The zero-order chi connectivity index (χ0) is 17.1. The van der Waals surface area contributed by atoms with Gasteiger partial charge in [-0.15, -0.1) is 0 Å². The first-order valence-electron chi connectivity index (χ1n) is 8.73. The summed E-state index contributed by atoms with van der Waals surface area (Å²) in [5.74, 6) is -0.514. The maximum atomic E-state index is 12.4. The van der Waals surface area contributed by atoms with Crippen LogP contribution in [-0.4, -0.2) is 65.3 Å². The van der Waals surface area contributed by atoms with Crippen molar-refractivity contribution in [1.29, 1.82) is 0 Å². The van der Waals surface area contributed by atoms with Gasteiger partial charge in [0.05, 0.1) is 6.54 Å². The molecule has 1 atom stereocenters. The lowest BCUT2D eigenvalue weighted by atomic mass is 9.93. The van der Waals surface area contributed by atoms with Gasteiger partial charge >= 0.3 is 6.03 Å². The third-order valence-electron chi connectivity index (χ3n) is 5.13. The molecule has 0 aromatic heterocycles. The summed E-state index contributed by atoms with van der Waals surface area (Å²) in [6.07, 6.45) is 6.13. The van der Waals surface area contributed by atoms with Crippen LogP contribution >= 0.6 is 0 Å². The quantitative estimate of drug-likeness (QED) is 0.705. The number of carbonyl (C=O) groups is 4. The Morgan fingerprint density at radius 2 is 1.83 bits per heavy atom. The van der Waals surface area contributed by atoms with Crippen molar-refractivity contribution in [2.45, 2.75) is 57.0 Å². The highest BCUT2D eigenvalue weighted by Gasteiger charge is 2.34. The van der Waals surface area contributed by atoms with Crippen LogP contribution in [0.4, 0.5) is 4.79 Å². The van der Waals surface area contributed by atoms with Gasteiger partial charge in [0.2, 0.25) is 11.8 Å². The number of nitrogens with zero attached hydrogens (tertiary/aromatic N) is 2. The zero-order valence-corrected chi connectivity index (χ0v) is 13.8. The molecule has 1 saturated carbocycles. The predicted molar refractivity (Wildman–Crippen MR) is 84.9 cm³/mol. The summed E-state index contributed by atoms with van der Waals surface area (Å²) in [6, 6.07) is -0.838. The molecule has 2 aliphatic heterocycles.